The van der Waals surface area contributed by atoms with Crippen LogP contribution >= 0.6 is 0 Å². The van der Waals surface area contributed by atoms with Crippen LogP contribution in [0.4, 0.5) is 13.2 Å². The van der Waals surface area contributed by atoms with Gasteiger partial charge in [0.1, 0.15) is 12.6 Å². The Hall–Kier alpha value is -1.27. The van der Waals surface area contributed by atoms with Crippen molar-refractivity contribution >= 4 is 11.8 Å². The molecule has 19 heavy (non-hydrogen) atoms. The number of carbonyl (C=O) groups excluding carboxylic acids is 2. The molecule has 1 atom stereocenters. The van der Waals surface area contributed by atoms with Gasteiger partial charge in [0.2, 0.25) is 11.8 Å². The summed E-state index contributed by atoms with van der Waals surface area (Å²) in [4.78, 5) is 25.9. The molecule has 0 aromatic heterocycles. The zero-order valence-corrected chi connectivity index (χ0v) is 11.2. The maximum absolute atomic E-state index is 12.4. The van der Waals surface area contributed by atoms with E-state index in [1.54, 1.807) is 6.92 Å². The summed E-state index contributed by atoms with van der Waals surface area (Å²) >= 11 is 0. The summed E-state index contributed by atoms with van der Waals surface area (Å²) in [6, 6.07) is -0.766. The molecule has 1 fully saturated rings. The van der Waals surface area contributed by atoms with E-state index in [1.165, 1.54) is 11.8 Å². The Kier molecular flexibility index (Phi) is 5.20. The van der Waals surface area contributed by atoms with Gasteiger partial charge < -0.3 is 9.80 Å². The molecule has 0 N–H and O–H groups in total. The summed E-state index contributed by atoms with van der Waals surface area (Å²) < 4.78 is 37.2. The fourth-order valence-electron chi connectivity index (χ4n) is 2.30. The lowest BCUT2D eigenvalue weighted by Crippen LogP contribution is -2.51. The van der Waals surface area contributed by atoms with Gasteiger partial charge in [-0.25, -0.2) is 0 Å². The first-order valence-corrected chi connectivity index (χ1v) is 6.45. The molecule has 0 unspecified atom stereocenters. The van der Waals surface area contributed by atoms with E-state index in [1.807, 2.05) is 0 Å². The molecule has 0 bridgehead atoms. The number of hydrogen-bond acceptors (Lipinski definition) is 2. The van der Waals surface area contributed by atoms with Crippen LogP contribution in [0.25, 0.3) is 0 Å². The fourth-order valence-corrected chi connectivity index (χ4v) is 2.30. The van der Waals surface area contributed by atoms with E-state index in [4.69, 9.17) is 0 Å². The number of amides is 2. The molecule has 0 aromatic rings. The van der Waals surface area contributed by atoms with Crippen LogP contribution in [0.2, 0.25) is 0 Å². The molecule has 1 aliphatic rings. The Labute approximate surface area is 110 Å². The van der Waals surface area contributed by atoms with E-state index in [2.05, 4.69) is 0 Å². The Balaban J connectivity index is 2.78. The number of hydrogen-bond donors (Lipinski definition) is 0. The molecule has 1 saturated heterocycles. The summed E-state index contributed by atoms with van der Waals surface area (Å²) in [5, 5.41) is 0. The van der Waals surface area contributed by atoms with Crippen molar-refractivity contribution in [1.82, 2.24) is 9.80 Å². The minimum Gasteiger partial charge on any atom is -0.332 e. The van der Waals surface area contributed by atoms with E-state index in [0.29, 0.717) is 25.8 Å². The summed E-state index contributed by atoms with van der Waals surface area (Å²) in [6.07, 6.45) is -3.05. The van der Waals surface area contributed by atoms with Gasteiger partial charge in [0, 0.05) is 19.5 Å². The second-order valence-electron chi connectivity index (χ2n) is 4.58. The normalized spacial score (nSPS) is 17.7. The van der Waals surface area contributed by atoms with Crippen molar-refractivity contribution in [2.24, 2.45) is 0 Å². The third kappa shape index (κ3) is 4.11. The highest BCUT2D eigenvalue weighted by Crippen LogP contribution is 2.21. The summed E-state index contributed by atoms with van der Waals surface area (Å²) in [5.74, 6) is -0.763. The molecule has 7 heteroatoms. The van der Waals surface area contributed by atoms with Crippen LogP contribution in [-0.4, -0.2) is 53.5 Å². The van der Waals surface area contributed by atoms with Crippen LogP contribution in [0, 0.1) is 0 Å². The molecule has 0 aromatic carbocycles. The molecule has 0 spiro atoms. The van der Waals surface area contributed by atoms with Crippen molar-refractivity contribution in [3.63, 3.8) is 0 Å². The van der Waals surface area contributed by atoms with Gasteiger partial charge in [0.25, 0.3) is 0 Å². The van der Waals surface area contributed by atoms with E-state index < -0.39 is 24.7 Å². The predicted octanol–water partition coefficient (Wildman–Crippen LogP) is 1.80. The van der Waals surface area contributed by atoms with Crippen LogP contribution in [-0.2, 0) is 9.59 Å². The van der Waals surface area contributed by atoms with Crippen molar-refractivity contribution in [3.05, 3.63) is 0 Å². The van der Waals surface area contributed by atoms with Crippen LogP contribution < -0.4 is 0 Å². The molecular formula is C12H19F3N2O2. The Morgan fingerprint density at radius 3 is 2.42 bits per heavy atom. The number of likely N-dealkylation sites (tertiary alicyclic amines) is 1. The number of nitrogens with zero attached hydrogens (tertiary/aromatic N) is 2. The van der Waals surface area contributed by atoms with Crippen LogP contribution in [0.5, 0.6) is 0 Å². The van der Waals surface area contributed by atoms with E-state index in [9.17, 15) is 22.8 Å². The second-order valence-corrected chi connectivity index (χ2v) is 4.58. The van der Waals surface area contributed by atoms with Crippen molar-refractivity contribution in [1.29, 1.82) is 0 Å². The highest BCUT2D eigenvalue weighted by atomic mass is 19.4. The highest BCUT2D eigenvalue weighted by molar-refractivity contribution is 5.88. The molecule has 0 saturated carbocycles. The Morgan fingerprint density at radius 1 is 1.42 bits per heavy atom. The minimum atomic E-state index is -4.42. The van der Waals surface area contributed by atoms with Crippen LogP contribution in [0.15, 0.2) is 0 Å². The number of alkyl halides is 3. The SMILES string of the molecule is CC[C@@H](C(=O)N(CC)CC(F)(F)F)N1CCCC1=O. The van der Waals surface area contributed by atoms with E-state index >= 15 is 0 Å². The maximum atomic E-state index is 12.4. The average Bonchev–Trinajstić information content (AvgIpc) is 2.72. The van der Waals surface area contributed by atoms with Crippen molar-refractivity contribution in [2.75, 3.05) is 19.6 Å². The lowest BCUT2D eigenvalue weighted by molar-refractivity contribution is -0.165. The van der Waals surface area contributed by atoms with E-state index in [-0.39, 0.29) is 12.5 Å². The first-order valence-electron chi connectivity index (χ1n) is 6.45. The van der Waals surface area contributed by atoms with Crippen molar-refractivity contribution < 1.29 is 22.8 Å². The Bertz CT molecular complexity index is 344. The molecule has 110 valence electrons. The largest absolute Gasteiger partial charge is 0.406 e. The lowest BCUT2D eigenvalue weighted by atomic mass is 10.1. The Morgan fingerprint density at radius 2 is 2.05 bits per heavy atom. The number of rotatable bonds is 5. The molecular weight excluding hydrogens is 261 g/mol. The molecule has 0 aliphatic carbocycles. The van der Waals surface area contributed by atoms with Gasteiger partial charge >= 0.3 is 6.18 Å². The average molecular weight is 280 g/mol. The molecule has 0 radical (unpaired) electrons. The van der Waals surface area contributed by atoms with Gasteiger partial charge in [0.15, 0.2) is 0 Å². The standard InChI is InChI=1S/C12H19F3N2O2/c1-3-9(17-7-5-6-10(17)18)11(19)16(4-2)8-12(13,14)15/h9H,3-8H2,1-2H3/t9-/m0/s1. The molecule has 1 rings (SSSR count). The number of likely N-dealkylation sites (N-methyl/N-ethyl adjacent to an activating group) is 1. The number of halogens is 3. The molecule has 4 nitrogen and oxygen atoms in total. The number of carbonyl (C=O) groups is 2. The van der Waals surface area contributed by atoms with Gasteiger partial charge in [-0.3, -0.25) is 9.59 Å². The van der Waals surface area contributed by atoms with E-state index in [0.717, 1.165) is 4.90 Å². The van der Waals surface area contributed by atoms with Crippen molar-refractivity contribution in [2.45, 2.75) is 45.3 Å². The van der Waals surface area contributed by atoms with Gasteiger partial charge in [-0.2, -0.15) is 13.2 Å². The van der Waals surface area contributed by atoms with Gasteiger partial charge in [-0.15, -0.1) is 0 Å². The highest BCUT2D eigenvalue weighted by Gasteiger charge is 2.38. The quantitative estimate of drug-likeness (QED) is 0.770. The van der Waals surface area contributed by atoms with Crippen LogP contribution in [0.1, 0.15) is 33.1 Å². The molecule has 1 heterocycles. The zero-order chi connectivity index (χ0) is 14.6. The van der Waals surface area contributed by atoms with Crippen LogP contribution in [0.3, 0.4) is 0 Å². The summed E-state index contributed by atoms with van der Waals surface area (Å²) in [6.45, 7) is 2.38. The fraction of sp³-hybridized carbons (Fsp3) is 0.833. The third-order valence-corrected chi connectivity index (χ3v) is 3.22. The monoisotopic (exact) mass is 280 g/mol. The van der Waals surface area contributed by atoms with Gasteiger partial charge in [-0.1, -0.05) is 6.92 Å². The smallest absolute Gasteiger partial charge is 0.332 e. The zero-order valence-electron chi connectivity index (χ0n) is 11.2. The second kappa shape index (κ2) is 6.25. The topological polar surface area (TPSA) is 40.6 Å². The first kappa shape index (κ1) is 15.8. The third-order valence-electron chi connectivity index (χ3n) is 3.22. The lowest BCUT2D eigenvalue weighted by Gasteiger charge is -2.31. The minimum absolute atomic E-state index is 0.0170. The first-order chi connectivity index (χ1) is 8.80. The summed E-state index contributed by atoms with van der Waals surface area (Å²) in [5.41, 5.74) is 0. The van der Waals surface area contributed by atoms with Gasteiger partial charge in [0.05, 0.1) is 0 Å². The van der Waals surface area contributed by atoms with Gasteiger partial charge in [-0.05, 0) is 19.8 Å². The predicted molar refractivity (Wildman–Crippen MR) is 63.3 cm³/mol. The maximum Gasteiger partial charge on any atom is 0.406 e. The molecule has 2 amide bonds. The molecule has 1 aliphatic heterocycles. The van der Waals surface area contributed by atoms with Crippen molar-refractivity contribution in [3.8, 4) is 0 Å². The summed E-state index contributed by atoms with van der Waals surface area (Å²) in [7, 11) is 0.